The van der Waals surface area contributed by atoms with Gasteiger partial charge >= 0.3 is 0 Å². The Morgan fingerprint density at radius 2 is 2.13 bits per heavy atom. The summed E-state index contributed by atoms with van der Waals surface area (Å²) < 4.78 is 7.16. The van der Waals surface area contributed by atoms with Gasteiger partial charge in [-0.2, -0.15) is 5.10 Å². The zero-order valence-electron chi connectivity index (χ0n) is 12.9. The number of anilines is 1. The first-order valence-electron chi connectivity index (χ1n) is 7.10. The van der Waals surface area contributed by atoms with Crippen LogP contribution in [-0.2, 0) is 16.6 Å². The Kier molecular flexibility index (Phi) is 4.20. The lowest BCUT2D eigenvalue weighted by atomic mass is 10.1. The minimum Gasteiger partial charge on any atom is -0.367 e. The van der Waals surface area contributed by atoms with Crippen LogP contribution in [0.3, 0.4) is 0 Å². The first kappa shape index (κ1) is 15.0. The molecule has 0 radical (unpaired) electrons. The van der Waals surface area contributed by atoms with E-state index in [1.54, 1.807) is 12.3 Å². The third kappa shape index (κ3) is 3.14. The monoisotopic (exact) mass is 311 g/mol. The van der Waals surface area contributed by atoms with Crippen LogP contribution >= 0.6 is 0 Å². The molecule has 0 fully saturated rings. The fraction of sp³-hybridized carbons (Fsp3) is 0.188. The van der Waals surface area contributed by atoms with Crippen LogP contribution < -0.4 is 5.32 Å². The number of methoxy groups -OCH3 is 1. The molecule has 1 aromatic carbocycles. The summed E-state index contributed by atoms with van der Waals surface area (Å²) in [4.78, 5) is 16.6. The molecule has 7 heteroatoms. The van der Waals surface area contributed by atoms with Crippen LogP contribution in [0.15, 0.2) is 48.8 Å². The molecule has 0 saturated carbocycles. The summed E-state index contributed by atoms with van der Waals surface area (Å²) in [5.74, 6) is 0.881. The fourth-order valence-electron chi connectivity index (χ4n) is 2.34. The summed E-state index contributed by atoms with van der Waals surface area (Å²) >= 11 is 0. The van der Waals surface area contributed by atoms with Gasteiger partial charge in [0.15, 0.2) is 17.7 Å². The highest BCUT2D eigenvalue weighted by atomic mass is 16.5. The highest BCUT2D eigenvalue weighted by molar-refractivity contribution is 5.94. The highest BCUT2D eigenvalue weighted by Gasteiger charge is 2.21. The second kappa shape index (κ2) is 6.45. The van der Waals surface area contributed by atoms with Crippen LogP contribution in [0.4, 0.5) is 5.82 Å². The van der Waals surface area contributed by atoms with Gasteiger partial charge in [-0.3, -0.25) is 9.89 Å². The number of carbonyl (C=O) groups excluding carboxylic acids is 1. The summed E-state index contributed by atoms with van der Waals surface area (Å²) in [5.41, 5.74) is 1.51. The van der Waals surface area contributed by atoms with Crippen molar-refractivity contribution in [1.82, 2.24) is 19.7 Å². The smallest absolute Gasteiger partial charge is 0.259 e. The fourth-order valence-corrected chi connectivity index (χ4v) is 2.34. The second-order valence-corrected chi connectivity index (χ2v) is 5.04. The van der Waals surface area contributed by atoms with Gasteiger partial charge in [0.05, 0.1) is 0 Å². The number of nitrogens with one attached hydrogen (secondary N) is 2. The van der Waals surface area contributed by atoms with E-state index in [-0.39, 0.29) is 5.91 Å². The lowest BCUT2D eigenvalue weighted by Crippen LogP contribution is -2.22. The minimum atomic E-state index is -0.690. The number of imidazole rings is 1. The van der Waals surface area contributed by atoms with Gasteiger partial charge in [0.1, 0.15) is 5.69 Å². The zero-order valence-corrected chi connectivity index (χ0v) is 12.9. The predicted octanol–water partition coefficient (Wildman–Crippen LogP) is 2.14. The Balaban J connectivity index is 1.75. The first-order chi connectivity index (χ1) is 11.2. The molecule has 1 atom stereocenters. The van der Waals surface area contributed by atoms with Crippen molar-refractivity contribution >= 4 is 11.7 Å². The first-order valence-corrected chi connectivity index (χ1v) is 7.10. The van der Waals surface area contributed by atoms with Crippen LogP contribution in [0.2, 0.25) is 0 Å². The standard InChI is InChI=1S/C16H17N5O2/c1-21-9-8-17-15(21)12-10-13(20-19-12)18-16(22)14(23-2)11-6-4-3-5-7-11/h3-10,14H,1-2H3,(H2,18,19,20,22)/t14-/m1/s1. The molecule has 0 aliphatic heterocycles. The Bertz CT molecular complexity index is 794. The van der Waals surface area contributed by atoms with E-state index in [2.05, 4.69) is 20.5 Å². The zero-order chi connectivity index (χ0) is 16.2. The van der Waals surface area contributed by atoms with Crippen LogP contribution in [0.1, 0.15) is 11.7 Å². The number of hydrogen-bond donors (Lipinski definition) is 2. The van der Waals surface area contributed by atoms with Crippen LogP contribution in [0.25, 0.3) is 11.5 Å². The Morgan fingerprint density at radius 3 is 2.78 bits per heavy atom. The lowest BCUT2D eigenvalue weighted by molar-refractivity contribution is -0.126. The molecule has 0 spiro atoms. The number of rotatable bonds is 5. The van der Waals surface area contributed by atoms with Crippen molar-refractivity contribution in [3.63, 3.8) is 0 Å². The van der Waals surface area contributed by atoms with Crippen molar-refractivity contribution in [1.29, 1.82) is 0 Å². The number of aromatic amines is 1. The second-order valence-electron chi connectivity index (χ2n) is 5.04. The average Bonchev–Trinajstić information content (AvgIpc) is 3.18. The normalized spacial score (nSPS) is 12.1. The van der Waals surface area contributed by atoms with Crippen LogP contribution in [0, 0.1) is 0 Å². The SMILES string of the molecule is CO[C@@H](C(=O)Nc1cc(-c2nccn2C)[nH]n1)c1ccccc1. The number of amides is 1. The molecule has 118 valence electrons. The summed E-state index contributed by atoms with van der Waals surface area (Å²) in [6.45, 7) is 0. The lowest BCUT2D eigenvalue weighted by Gasteiger charge is -2.14. The van der Waals surface area contributed by atoms with Crippen molar-refractivity contribution in [2.75, 3.05) is 12.4 Å². The van der Waals surface area contributed by atoms with E-state index in [4.69, 9.17) is 4.74 Å². The molecule has 0 aliphatic rings. The molecule has 0 bridgehead atoms. The van der Waals surface area contributed by atoms with Crippen LogP contribution in [-0.4, -0.2) is 32.8 Å². The number of ether oxygens (including phenoxy) is 1. The summed E-state index contributed by atoms with van der Waals surface area (Å²) in [6, 6.07) is 11.0. The third-order valence-corrected chi connectivity index (χ3v) is 3.47. The summed E-state index contributed by atoms with van der Waals surface area (Å²) in [6.07, 6.45) is 2.85. The van der Waals surface area contributed by atoms with E-state index in [0.29, 0.717) is 5.82 Å². The van der Waals surface area contributed by atoms with E-state index in [0.717, 1.165) is 17.1 Å². The molecule has 2 aromatic heterocycles. The number of aryl methyl sites for hydroxylation is 1. The molecule has 7 nitrogen and oxygen atoms in total. The van der Waals surface area contributed by atoms with E-state index < -0.39 is 6.10 Å². The van der Waals surface area contributed by atoms with E-state index in [1.807, 2.05) is 48.1 Å². The molecule has 0 unspecified atom stereocenters. The molecular formula is C16H17N5O2. The molecule has 2 N–H and O–H groups in total. The van der Waals surface area contributed by atoms with Crippen molar-refractivity contribution in [2.24, 2.45) is 7.05 Å². The summed E-state index contributed by atoms with van der Waals surface area (Å²) in [5, 5.41) is 9.71. The number of hydrogen-bond acceptors (Lipinski definition) is 4. The van der Waals surface area contributed by atoms with Crippen molar-refractivity contribution in [2.45, 2.75) is 6.10 Å². The quantitative estimate of drug-likeness (QED) is 0.756. The molecule has 0 saturated heterocycles. The topological polar surface area (TPSA) is 84.8 Å². The number of benzene rings is 1. The van der Waals surface area contributed by atoms with E-state index in [9.17, 15) is 4.79 Å². The molecule has 1 amide bonds. The van der Waals surface area contributed by atoms with E-state index >= 15 is 0 Å². The largest absolute Gasteiger partial charge is 0.367 e. The van der Waals surface area contributed by atoms with Gasteiger partial charge in [0, 0.05) is 32.6 Å². The number of nitrogens with zero attached hydrogens (tertiary/aromatic N) is 3. The van der Waals surface area contributed by atoms with Gasteiger partial charge in [0.25, 0.3) is 5.91 Å². The Labute approximate surface area is 133 Å². The maximum absolute atomic E-state index is 12.4. The maximum atomic E-state index is 12.4. The van der Waals surface area contributed by atoms with Gasteiger partial charge in [-0.1, -0.05) is 30.3 Å². The number of aromatic nitrogens is 4. The number of H-pyrrole nitrogens is 1. The molecular weight excluding hydrogens is 294 g/mol. The molecule has 0 aliphatic carbocycles. The molecule has 3 rings (SSSR count). The average molecular weight is 311 g/mol. The third-order valence-electron chi connectivity index (χ3n) is 3.47. The maximum Gasteiger partial charge on any atom is 0.259 e. The Hall–Kier alpha value is -2.93. The van der Waals surface area contributed by atoms with Gasteiger partial charge in [-0.15, -0.1) is 0 Å². The molecule has 3 aromatic rings. The van der Waals surface area contributed by atoms with Crippen molar-refractivity contribution in [3.05, 3.63) is 54.4 Å². The molecule has 23 heavy (non-hydrogen) atoms. The van der Waals surface area contributed by atoms with Crippen molar-refractivity contribution in [3.8, 4) is 11.5 Å². The summed E-state index contributed by atoms with van der Waals surface area (Å²) in [7, 11) is 3.39. The van der Waals surface area contributed by atoms with Gasteiger partial charge in [-0.25, -0.2) is 4.98 Å². The van der Waals surface area contributed by atoms with Crippen LogP contribution in [0.5, 0.6) is 0 Å². The minimum absolute atomic E-state index is 0.281. The highest BCUT2D eigenvalue weighted by Crippen LogP contribution is 2.21. The number of carbonyl (C=O) groups is 1. The van der Waals surface area contributed by atoms with Gasteiger partial charge in [0.2, 0.25) is 0 Å². The van der Waals surface area contributed by atoms with Gasteiger partial charge < -0.3 is 14.6 Å². The Morgan fingerprint density at radius 1 is 1.35 bits per heavy atom. The molecule has 2 heterocycles. The van der Waals surface area contributed by atoms with E-state index in [1.165, 1.54) is 7.11 Å². The predicted molar refractivity (Wildman–Crippen MR) is 85.6 cm³/mol. The van der Waals surface area contributed by atoms with Crippen molar-refractivity contribution < 1.29 is 9.53 Å². The van der Waals surface area contributed by atoms with Gasteiger partial charge in [-0.05, 0) is 5.56 Å².